The predicted octanol–water partition coefficient (Wildman–Crippen LogP) is 1.91. The Morgan fingerprint density at radius 2 is 1.89 bits per heavy atom. The van der Waals surface area contributed by atoms with Crippen molar-refractivity contribution in [3.05, 3.63) is 35.4 Å². The highest BCUT2D eigenvalue weighted by Crippen LogP contribution is 2.22. The molecule has 0 spiro atoms. The molecule has 98 valence electrons. The van der Waals surface area contributed by atoms with Gasteiger partial charge in [-0.3, -0.25) is 10.1 Å². The predicted molar refractivity (Wildman–Crippen MR) is 73.4 cm³/mol. The van der Waals surface area contributed by atoms with E-state index in [9.17, 15) is 4.79 Å². The van der Waals surface area contributed by atoms with E-state index in [4.69, 9.17) is 0 Å². The number of carbonyl (C=O) groups excluding carboxylic acids is 1. The Hall–Kier alpha value is -1.35. The summed E-state index contributed by atoms with van der Waals surface area (Å²) in [5, 5.41) is 3.23. The number of hydrogen-bond acceptors (Lipinski definition) is 2. The van der Waals surface area contributed by atoms with Crippen LogP contribution in [0, 0.1) is 0 Å². The van der Waals surface area contributed by atoms with Crippen molar-refractivity contribution in [3.8, 4) is 0 Å². The van der Waals surface area contributed by atoms with Crippen LogP contribution in [0.5, 0.6) is 0 Å². The van der Waals surface area contributed by atoms with E-state index < -0.39 is 0 Å². The lowest BCUT2D eigenvalue weighted by atomic mass is 9.86. The number of hydrogen-bond donors (Lipinski definition) is 1. The van der Waals surface area contributed by atoms with Crippen molar-refractivity contribution in [3.63, 3.8) is 0 Å². The Morgan fingerprint density at radius 3 is 2.33 bits per heavy atom. The third kappa shape index (κ3) is 2.72. The number of nitrogens with zero attached hydrogens (tertiary/aromatic N) is 1. The first-order chi connectivity index (χ1) is 8.38. The summed E-state index contributed by atoms with van der Waals surface area (Å²) in [5.41, 5.74) is 2.80. The minimum atomic E-state index is 0.137. The molecule has 1 N–H and O–H groups in total. The van der Waals surface area contributed by atoms with E-state index >= 15 is 0 Å². The van der Waals surface area contributed by atoms with Crippen LogP contribution in [-0.4, -0.2) is 30.6 Å². The maximum Gasteiger partial charge on any atom is 0.237 e. The van der Waals surface area contributed by atoms with Gasteiger partial charge in [-0.2, -0.15) is 0 Å². The highest BCUT2D eigenvalue weighted by molar-refractivity contribution is 5.80. The molecule has 0 aliphatic carbocycles. The first-order valence-corrected chi connectivity index (χ1v) is 6.46. The molecule has 1 aromatic carbocycles. The lowest BCUT2D eigenvalue weighted by Crippen LogP contribution is -2.36. The average molecular weight is 246 g/mol. The van der Waals surface area contributed by atoms with Gasteiger partial charge in [0.25, 0.3) is 0 Å². The first kappa shape index (κ1) is 13.1. The summed E-state index contributed by atoms with van der Waals surface area (Å²) in [7, 11) is 1.86. The largest absolute Gasteiger partial charge is 0.329 e. The van der Waals surface area contributed by atoms with Gasteiger partial charge in [-0.25, -0.2) is 0 Å². The standard InChI is InChI=1S/C15H22N2O/c1-15(2,3)12-7-5-11(6-8-12)9-13-16-10-14(18)17(13)4/h5-8,13,16H,9-10H2,1-4H3/t13-/m1/s1. The van der Waals surface area contributed by atoms with E-state index in [1.54, 1.807) is 4.90 Å². The maximum absolute atomic E-state index is 11.4. The highest BCUT2D eigenvalue weighted by Gasteiger charge is 2.26. The van der Waals surface area contributed by atoms with Gasteiger partial charge in [0.2, 0.25) is 5.91 Å². The van der Waals surface area contributed by atoms with Crippen molar-refractivity contribution in [2.24, 2.45) is 0 Å². The van der Waals surface area contributed by atoms with Crippen LogP contribution < -0.4 is 5.32 Å². The lowest BCUT2D eigenvalue weighted by molar-refractivity contribution is -0.126. The molecule has 0 radical (unpaired) electrons. The van der Waals surface area contributed by atoms with Crippen LogP contribution in [0.15, 0.2) is 24.3 Å². The van der Waals surface area contributed by atoms with Crippen LogP contribution in [0.25, 0.3) is 0 Å². The normalized spacial score (nSPS) is 20.6. The van der Waals surface area contributed by atoms with Gasteiger partial charge in [-0.05, 0) is 16.5 Å². The SMILES string of the molecule is CN1C(=O)CN[C@H]1Cc1ccc(C(C)(C)C)cc1. The Morgan fingerprint density at radius 1 is 1.28 bits per heavy atom. The van der Waals surface area contributed by atoms with Crippen molar-refractivity contribution < 1.29 is 4.79 Å². The molecule has 1 atom stereocenters. The molecule has 2 rings (SSSR count). The summed E-state index contributed by atoms with van der Waals surface area (Å²) in [6.45, 7) is 7.11. The molecule has 3 nitrogen and oxygen atoms in total. The van der Waals surface area contributed by atoms with Crippen LogP contribution >= 0.6 is 0 Å². The Balaban J connectivity index is 2.05. The molecular weight excluding hydrogens is 224 g/mol. The van der Waals surface area contributed by atoms with Gasteiger partial charge in [0, 0.05) is 13.5 Å². The minimum Gasteiger partial charge on any atom is -0.329 e. The van der Waals surface area contributed by atoms with Crippen LogP contribution in [0.4, 0.5) is 0 Å². The van der Waals surface area contributed by atoms with E-state index in [2.05, 4.69) is 50.4 Å². The molecule has 0 unspecified atom stereocenters. The molecule has 1 aliphatic rings. The fourth-order valence-electron chi connectivity index (χ4n) is 2.21. The summed E-state index contributed by atoms with van der Waals surface area (Å²) in [6.07, 6.45) is 1.00. The lowest BCUT2D eigenvalue weighted by Gasteiger charge is -2.21. The number of carbonyl (C=O) groups is 1. The second kappa shape index (κ2) is 4.73. The van der Waals surface area contributed by atoms with Gasteiger partial charge in [0.1, 0.15) is 0 Å². The summed E-state index contributed by atoms with van der Waals surface area (Å²) < 4.78 is 0. The zero-order chi connectivity index (χ0) is 13.3. The number of nitrogens with one attached hydrogen (secondary N) is 1. The van der Waals surface area contributed by atoms with Crippen LogP contribution in [0.1, 0.15) is 31.9 Å². The van der Waals surface area contributed by atoms with Crippen molar-refractivity contribution in [1.82, 2.24) is 10.2 Å². The molecule has 0 saturated carbocycles. The van der Waals surface area contributed by atoms with Gasteiger partial charge >= 0.3 is 0 Å². The van der Waals surface area contributed by atoms with Crippen LogP contribution in [-0.2, 0) is 16.6 Å². The molecule has 0 aromatic heterocycles. The highest BCUT2D eigenvalue weighted by atomic mass is 16.2. The average Bonchev–Trinajstić information content (AvgIpc) is 2.61. The van der Waals surface area contributed by atoms with Gasteiger partial charge in [0.15, 0.2) is 0 Å². The summed E-state index contributed by atoms with van der Waals surface area (Å²) in [5.74, 6) is 0.173. The third-order valence-electron chi connectivity index (χ3n) is 3.60. The fourth-order valence-corrected chi connectivity index (χ4v) is 2.21. The van der Waals surface area contributed by atoms with Crippen LogP contribution in [0.2, 0.25) is 0 Å². The molecule has 1 heterocycles. The van der Waals surface area contributed by atoms with E-state index in [0.29, 0.717) is 6.54 Å². The topological polar surface area (TPSA) is 32.3 Å². The molecule has 1 aliphatic heterocycles. The zero-order valence-corrected chi connectivity index (χ0v) is 11.7. The zero-order valence-electron chi connectivity index (χ0n) is 11.7. The molecular formula is C15H22N2O. The Kier molecular flexibility index (Phi) is 3.44. The van der Waals surface area contributed by atoms with Crippen molar-refractivity contribution in [1.29, 1.82) is 0 Å². The molecule has 1 saturated heterocycles. The van der Waals surface area contributed by atoms with Gasteiger partial charge in [-0.1, -0.05) is 45.0 Å². The van der Waals surface area contributed by atoms with Gasteiger partial charge in [-0.15, -0.1) is 0 Å². The van der Waals surface area contributed by atoms with E-state index in [1.165, 1.54) is 11.1 Å². The quantitative estimate of drug-likeness (QED) is 0.864. The molecule has 1 aromatic rings. The number of likely N-dealkylation sites (N-methyl/N-ethyl adjacent to an activating group) is 1. The van der Waals surface area contributed by atoms with Crippen molar-refractivity contribution >= 4 is 5.91 Å². The van der Waals surface area contributed by atoms with E-state index in [0.717, 1.165) is 6.42 Å². The molecule has 3 heteroatoms. The smallest absolute Gasteiger partial charge is 0.237 e. The molecule has 0 bridgehead atoms. The maximum atomic E-state index is 11.4. The summed E-state index contributed by atoms with van der Waals surface area (Å²) >= 11 is 0. The number of rotatable bonds is 2. The monoisotopic (exact) mass is 246 g/mol. The Labute approximate surface area is 109 Å². The van der Waals surface area contributed by atoms with Gasteiger partial charge in [0.05, 0.1) is 12.7 Å². The fraction of sp³-hybridized carbons (Fsp3) is 0.533. The van der Waals surface area contributed by atoms with Crippen LogP contribution in [0.3, 0.4) is 0 Å². The number of benzene rings is 1. The van der Waals surface area contributed by atoms with Crippen molar-refractivity contribution in [2.45, 2.75) is 38.8 Å². The molecule has 1 amide bonds. The van der Waals surface area contributed by atoms with E-state index in [1.807, 2.05) is 7.05 Å². The second-order valence-electron chi connectivity index (χ2n) is 6.05. The summed E-state index contributed by atoms with van der Waals surface area (Å²) in [4.78, 5) is 13.2. The Bertz CT molecular complexity index is 431. The molecule has 1 fully saturated rings. The molecule has 18 heavy (non-hydrogen) atoms. The van der Waals surface area contributed by atoms with E-state index in [-0.39, 0.29) is 17.5 Å². The summed E-state index contributed by atoms with van der Waals surface area (Å²) in [6, 6.07) is 8.70. The first-order valence-electron chi connectivity index (χ1n) is 6.46. The second-order valence-corrected chi connectivity index (χ2v) is 6.05. The minimum absolute atomic E-state index is 0.137. The van der Waals surface area contributed by atoms with Crippen molar-refractivity contribution in [2.75, 3.05) is 13.6 Å². The van der Waals surface area contributed by atoms with Gasteiger partial charge < -0.3 is 4.90 Å². The number of amides is 1. The third-order valence-corrected chi connectivity index (χ3v) is 3.60.